The highest BCUT2D eigenvalue weighted by atomic mass is 16.5. The number of carbonyl (C=O) groups excluding carboxylic acids is 1. The first-order chi connectivity index (χ1) is 16.4. The van der Waals surface area contributed by atoms with E-state index in [1.165, 1.54) is 18.3 Å². The van der Waals surface area contributed by atoms with Gasteiger partial charge in [-0.3, -0.25) is 9.69 Å². The molecule has 0 bridgehead atoms. The number of amides is 1. The highest BCUT2D eigenvalue weighted by molar-refractivity contribution is 5.97. The first kappa shape index (κ1) is 24.9. The van der Waals surface area contributed by atoms with Gasteiger partial charge < -0.3 is 25.1 Å². The Morgan fingerprint density at radius 1 is 1.15 bits per heavy atom. The van der Waals surface area contributed by atoms with Crippen LogP contribution in [0.4, 0.5) is 11.5 Å². The Bertz CT molecular complexity index is 1080. The van der Waals surface area contributed by atoms with Crippen molar-refractivity contribution in [3.8, 4) is 11.5 Å². The fourth-order valence-corrected chi connectivity index (χ4v) is 3.64. The number of ether oxygens (including phenoxy) is 1. The quantitative estimate of drug-likeness (QED) is 0.410. The second-order valence-electron chi connectivity index (χ2n) is 7.98. The third-order valence-corrected chi connectivity index (χ3v) is 5.53. The van der Waals surface area contributed by atoms with Gasteiger partial charge >= 0.3 is 0 Å². The number of fused-ring (bicyclic) bond motifs is 1. The number of benzene rings is 2. The predicted octanol–water partition coefficient (Wildman–Crippen LogP) is 3.41. The van der Waals surface area contributed by atoms with Crippen LogP contribution < -0.4 is 19.3 Å². The number of rotatable bonds is 7. The smallest absolute Gasteiger partial charge is 0.279 e. The average Bonchev–Trinajstić information content (AvgIpc) is 2.86. The molecule has 8 nitrogen and oxygen atoms in total. The van der Waals surface area contributed by atoms with Gasteiger partial charge in [0.1, 0.15) is 11.5 Å². The SMILES string of the molecule is CCC(O)c1ccccc1.CN(CCCN1C(=O)COc2cc(O)ccc21)c1cccc[n+]1[O-]. The van der Waals surface area contributed by atoms with E-state index in [1.807, 2.05) is 55.3 Å². The van der Waals surface area contributed by atoms with Crippen molar-refractivity contribution in [1.82, 2.24) is 0 Å². The Morgan fingerprint density at radius 3 is 2.59 bits per heavy atom. The summed E-state index contributed by atoms with van der Waals surface area (Å²) in [5.74, 6) is 1.06. The summed E-state index contributed by atoms with van der Waals surface area (Å²) in [5.41, 5.74) is 1.66. The van der Waals surface area contributed by atoms with Crippen molar-refractivity contribution in [3.63, 3.8) is 0 Å². The third-order valence-electron chi connectivity index (χ3n) is 5.53. The van der Waals surface area contributed by atoms with Crippen LogP contribution in [0.15, 0.2) is 72.9 Å². The van der Waals surface area contributed by atoms with E-state index in [0.717, 1.165) is 16.7 Å². The molecule has 0 saturated carbocycles. The van der Waals surface area contributed by atoms with Gasteiger partial charge in [0.25, 0.3) is 11.7 Å². The zero-order valence-electron chi connectivity index (χ0n) is 19.5. The first-order valence-electron chi connectivity index (χ1n) is 11.3. The number of aromatic nitrogens is 1. The summed E-state index contributed by atoms with van der Waals surface area (Å²) in [5, 5.41) is 30.6. The lowest BCUT2D eigenvalue weighted by Gasteiger charge is -2.29. The Labute approximate surface area is 199 Å². The van der Waals surface area contributed by atoms with E-state index >= 15 is 0 Å². The number of hydrogen-bond acceptors (Lipinski definition) is 6. The topological polar surface area (TPSA) is 100 Å². The summed E-state index contributed by atoms with van der Waals surface area (Å²) >= 11 is 0. The van der Waals surface area contributed by atoms with Crippen molar-refractivity contribution >= 4 is 17.4 Å². The lowest BCUT2D eigenvalue weighted by Crippen LogP contribution is -2.41. The number of aliphatic hydroxyl groups is 1. The summed E-state index contributed by atoms with van der Waals surface area (Å²) in [4.78, 5) is 15.6. The minimum atomic E-state index is -0.291. The number of aliphatic hydroxyl groups excluding tert-OH is 1. The Morgan fingerprint density at radius 2 is 1.88 bits per heavy atom. The molecule has 180 valence electrons. The molecular weight excluding hydrogens is 434 g/mol. The highest BCUT2D eigenvalue weighted by Gasteiger charge is 2.25. The molecule has 0 aliphatic carbocycles. The predicted molar refractivity (Wildman–Crippen MR) is 131 cm³/mol. The summed E-state index contributed by atoms with van der Waals surface area (Å²) in [6.07, 6.45) is 2.64. The van der Waals surface area contributed by atoms with E-state index in [2.05, 4.69) is 0 Å². The van der Waals surface area contributed by atoms with Crippen molar-refractivity contribution in [2.24, 2.45) is 0 Å². The van der Waals surface area contributed by atoms with Crippen LogP contribution in [0, 0.1) is 5.21 Å². The maximum Gasteiger partial charge on any atom is 0.279 e. The monoisotopic (exact) mass is 465 g/mol. The Hall–Kier alpha value is -3.78. The molecule has 0 fully saturated rings. The normalized spacial score (nSPS) is 13.3. The van der Waals surface area contributed by atoms with E-state index in [-0.39, 0.29) is 24.4 Å². The molecule has 34 heavy (non-hydrogen) atoms. The van der Waals surface area contributed by atoms with E-state index < -0.39 is 0 Å². The molecule has 0 spiro atoms. The average molecular weight is 466 g/mol. The van der Waals surface area contributed by atoms with Gasteiger partial charge in [0.05, 0.1) is 31.6 Å². The number of hydrogen-bond donors (Lipinski definition) is 2. The zero-order chi connectivity index (χ0) is 24.5. The fraction of sp³-hybridized carbons (Fsp3) is 0.308. The Balaban J connectivity index is 0.000000271. The molecule has 1 aliphatic rings. The summed E-state index contributed by atoms with van der Waals surface area (Å²) in [6, 6.07) is 19.7. The van der Waals surface area contributed by atoms with Crippen LogP contribution in [-0.4, -0.2) is 42.9 Å². The summed E-state index contributed by atoms with van der Waals surface area (Å²) < 4.78 is 6.17. The van der Waals surface area contributed by atoms with Gasteiger partial charge in [-0.1, -0.05) is 43.3 Å². The molecule has 2 aromatic carbocycles. The van der Waals surface area contributed by atoms with Crippen LogP contribution in [-0.2, 0) is 4.79 Å². The first-order valence-corrected chi connectivity index (χ1v) is 11.3. The summed E-state index contributed by atoms with van der Waals surface area (Å²) in [7, 11) is 1.84. The molecule has 4 rings (SSSR count). The van der Waals surface area contributed by atoms with Crippen LogP contribution >= 0.6 is 0 Å². The minimum absolute atomic E-state index is 0.0362. The van der Waals surface area contributed by atoms with Gasteiger partial charge in [0.15, 0.2) is 6.61 Å². The van der Waals surface area contributed by atoms with Crippen molar-refractivity contribution in [3.05, 3.63) is 83.7 Å². The number of phenolic OH excluding ortho intramolecular Hbond substituents is 1. The van der Waals surface area contributed by atoms with E-state index in [1.54, 1.807) is 23.1 Å². The molecule has 1 amide bonds. The van der Waals surface area contributed by atoms with Crippen molar-refractivity contribution in [2.45, 2.75) is 25.9 Å². The molecule has 1 aromatic heterocycles. The molecule has 3 aromatic rings. The standard InChI is InChI=1S/C17H19N3O4.C9H12O/c1-18(16-5-2-3-10-20(16)23)8-4-9-19-14-7-6-13(21)11-15(14)24-12-17(19)22;1-2-9(10)8-6-4-3-5-7-8/h2-3,5-7,10-11,21H,4,8-9,12H2,1H3;3-7,9-10H,2H2,1H3. The van der Waals surface area contributed by atoms with E-state index in [4.69, 9.17) is 4.74 Å². The molecule has 1 unspecified atom stereocenters. The van der Waals surface area contributed by atoms with Crippen LogP contribution in [0.3, 0.4) is 0 Å². The number of nitrogens with zero attached hydrogens (tertiary/aromatic N) is 3. The fourth-order valence-electron chi connectivity index (χ4n) is 3.64. The lowest BCUT2D eigenvalue weighted by atomic mass is 10.1. The van der Waals surface area contributed by atoms with Gasteiger partial charge in [-0.05, 0) is 30.2 Å². The highest BCUT2D eigenvalue weighted by Crippen LogP contribution is 2.34. The van der Waals surface area contributed by atoms with E-state index in [9.17, 15) is 20.2 Å². The van der Waals surface area contributed by atoms with Crippen LogP contribution in [0.25, 0.3) is 0 Å². The molecule has 1 atom stereocenters. The number of carbonyl (C=O) groups is 1. The number of aromatic hydroxyl groups is 1. The molecule has 2 heterocycles. The van der Waals surface area contributed by atoms with Crippen LogP contribution in [0.1, 0.15) is 31.4 Å². The van der Waals surface area contributed by atoms with Gasteiger partial charge in [-0.2, -0.15) is 0 Å². The maximum atomic E-state index is 12.1. The molecule has 1 aliphatic heterocycles. The van der Waals surface area contributed by atoms with Gasteiger partial charge in [-0.25, -0.2) is 4.73 Å². The summed E-state index contributed by atoms with van der Waals surface area (Å²) in [6.45, 7) is 3.07. The molecule has 2 N–H and O–H groups in total. The second kappa shape index (κ2) is 11.9. The third kappa shape index (κ3) is 6.39. The van der Waals surface area contributed by atoms with Crippen LogP contribution in [0.2, 0.25) is 0 Å². The van der Waals surface area contributed by atoms with Gasteiger partial charge in [0, 0.05) is 25.1 Å². The van der Waals surface area contributed by atoms with Crippen molar-refractivity contribution < 1.29 is 24.5 Å². The lowest BCUT2D eigenvalue weighted by molar-refractivity contribution is -0.592. The minimum Gasteiger partial charge on any atom is -0.711 e. The molecular formula is C26H31N3O5. The number of anilines is 2. The number of phenols is 1. The van der Waals surface area contributed by atoms with Gasteiger partial charge in [-0.15, -0.1) is 0 Å². The molecule has 8 heteroatoms. The largest absolute Gasteiger partial charge is 0.711 e. The maximum absolute atomic E-state index is 12.1. The van der Waals surface area contributed by atoms with Crippen molar-refractivity contribution in [2.75, 3.05) is 36.5 Å². The van der Waals surface area contributed by atoms with Gasteiger partial charge in [0.2, 0.25) is 0 Å². The van der Waals surface area contributed by atoms with Crippen LogP contribution in [0.5, 0.6) is 11.5 Å². The molecule has 0 saturated heterocycles. The second-order valence-corrected chi connectivity index (χ2v) is 7.98. The zero-order valence-corrected chi connectivity index (χ0v) is 19.5. The van der Waals surface area contributed by atoms with Crippen molar-refractivity contribution in [1.29, 1.82) is 0 Å². The molecule has 0 radical (unpaired) electrons. The number of pyridine rings is 1. The van der Waals surface area contributed by atoms with E-state index in [0.29, 0.717) is 36.8 Å². The Kier molecular flexibility index (Phi) is 8.70.